The molecule has 5 nitrogen and oxygen atoms in total. The molecule has 0 aliphatic heterocycles. The van der Waals surface area contributed by atoms with Crippen LogP contribution in [0.2, 0.25) is 0 Å². The number of carbonyl (C=O) groups excluding carboxylic acids is 2. The van der Waals surface area contributed by atoms with E-state index in [-0.39, 0.29) is 17.9 Å². The summed E-state index contributed by atoms with van der Waals surface area (Å²) in [6, 6.07) is 0. The summed E-state index contributed by atoms with van der Waals surface area (Å²) in [6.45, 7) is 2.56. The van der Waals surface area contributed by atoms with Crippen molar-refractivity contribution in [3.63, 3.8) is 0 Å². The molecule has 3 N–H and O–H groups in total. The SMILES string of the molecule is CCOC(=O)CNC(=O)CC1(CN)CCC1. The van der Waals surface area contributed by atoms with Gasteiger partial charge in [-0.1, -0.05) is 6.42 Å². The molecule has 1 rings (SSSR count). The van der Waals surface area contributed by atoms with Crippen LogP contribution in [0.5, 0.6) is 0 Å². The number of nitrogens with one attached hydrogen (secondary N) is 1. The Labute approximate surface area is 95.7 Å². The zero-order valence-corrected chi connectivity index (χ0v) is 9.75. The number of amides is 1. The standard InChI is InChI=1S/C11H20N2O3/c1-2-16-10(15)7-13-9(14)6-11(8-12)4-3-5-11/h2-8,12H2,1H3,(H,13,14). The van der Waals surface area contributed by atoms with E-state index in [4.69, 9.17) is 10.5 Å². The van der Waals surface area contributed by atoms with Crippen molar-refractivity contribution in [1.82, 2.24) is 5.32 Å². The summed E-state index contributed by atoms with van der Waals surface area (Å²) in [5, 5.41) is 2.56. The highest BCUT2D eigenvalue weighted by Gasteiger charge is 2.37. The lowest BCUT2D eigenvalue weighted by Gasteiger charge is -2.40. The highest BCUT2D eigenvalue weighted by Crippen LogP contribution is 2.42. The minimum Gasteiger partial charge on any atom is -0.465 e. The molecule has 5 heteroatoms. The number of ether oxygens (including phenoxy) is 1. The molecule has 1 amide bonds. The third-order valence-corrected chi connectivity index (χ3v) is 3.12. The number of rotatable bonds is 6. The van der Waals surface area contributed by atoms with Crippen molar-refractivity contribution in [2.75, 3.05) is 19.7 Å². The van der Waals surface area contributed by atoms with Gasteiger partial charge in [0.2, 0.25) is 5.91 Å². The van der Waals surface area contributed by atoms with Gasteiger partial charge in [0.05, 0.1) is 6.61 Å². The fourth-order valence-corrected chi connectivity index (χ4v) is 1.92. The number of hydrogen-bond acceptors (Lipinski definition) is 4. The van der Waals surface area contributed by atoms with Crippen molar-refractivity contribution in [1.29, 1.82) is 0 Å². The molecule has 1 saturated carbocycles. The Balaban J connectivity index is 2.22. The lowest BCUT2D eigenvalue weighted by Crippen LogP contribution is -2.42. The molecule has 0 bridgehead atoms. The van der Waals surface area contributed by atoms with Crippen molar-refractivity contribution >= 4 is 11.9 Å². The molecule has 0 spiro atoms. The van der Waals surface area contributed by atoms with E-state index < -0.39 is 5.97 Å². The highest BCUT2D eigenvalue weighted by atomic mass is 16.5. The number of carbonyl (C=O) groups is 2. The van der Waals surface area contributed by atoms with Crippen LogP contribution in [-0.2, 0) is 14.3 Å². The molecule has 0 aromatic carbocycles. The van der Waals surface area contributed by atoms with E-state index in [0.29, 0.717) is 19.6 Å². The molecule has 0 aromatic heterocycles. The monoisotopic (exact) mass is 228 g/mol. The topological polar surface area (TPSA) is 81.4 Å². The van der Waals surface area contributed by atoms with Gasteiger partial charge in [0.1, 0.15) is 6.54 Å². The first-order valence-corrected chi connectivity index (χ1v) is 5.74. The van der Waals surface area contributed by atoms with Gasteiger partial charge in [-0.2, -0.15) is 0 Å². The number of hydrogen-bond donors (Lipinski definition) is 2. The zero-order valence-electron chi connectivity index (χ0n) is 9.75. The Hall–Kier alpha value is -1.10. The van der Waals surface area contributed by atoms with Crippen LogP contribution < -0.4 is 11.1 Å². The summed E-state index contributed by atoms with van der Waals surface area (Å²) in [5.74, 6) is -0.510. The van der Waals surface area contributed by atoms with E-state index in [9.17, 15) is 9.59 Å². The summed E-state index contributed by atoms with van der Waals surface area (Å²) in [4.78, 5) is 22.5. The summed E-state index contributed by atoms with van der Waals surface area (Å²) >= 11 is 0. The second-order valence-electron chi connectivity index (χ2n) is 4.32. The van der Waals surface area contributed by atoms with Crippen LogP contribution in [0.4, 0.5) is 0 Å². The Morgan fingerprint density at radius 2 is 2.12 bits per heavy atom. The van der Waals surface area contributed by atoms with Crippen LogP contribution in [0, 0.1) is 5.41 Å². The van der Waals surface area contributed by atoms with Crippen molar-refractivity contribution in [3.8, 4) is 0 Å². The van der Waals surface area contributed by atoms with Crippen molar-refractivity contribution in [2.45, 2.75) is 32.6 Å². The predicted molar refractivity (Wildman–Crippen MR) is 59.6 cm³/mol. The largest absolute Gasteiger partial charge is 0.465 e. The van der Waals surface area contributed by atoms with Gasteiger partial charge in [-0.05, 0) is 31.7 Å². The van der Waals surface area contributed by atoms with E-state index in [1.807, 2.05) is 0 Å². The molecule has 0 saturated heterocycles. The molecule has 1 aliphatic rings. The van der Waals surface area contributed by atoms with Gasteiger partial charge in [-0.25, -0.2) is 0 Å². The lowest BCUT2D eigenvalue weighted by atomic mass is 9.66. The lowest BCUT2D eigenvalue weighted by molar-refractivity contribution is -0.143. The molecule has 16 heavy (non-hydrogen) atoms. The molecule has 0 heterocycles. The summed E-state index contributed by atoms with van der Waals surface area (Å²) in [6.07, 6.45) is 3.58. The second-order valence-corrected chi connectivity index (χ2v) is 4.32. The third kappa shape index (κ3) is 3.48. The molecule has 0 atom stereocenters. The van der Waals surface area contributed by atoms with Gasteiger partial charge in [0, 0.05) is 6.42 Å². The predicted octanol–water partition coefficient (Wildman–Crippen LogP) is 0.185. The Kier molecular flexibility index (Phi) is 4.73. The van der Waals surface area contributed by atoms with Crippen LogP contribution in [0.1, 0.15) is 32.6 Å². The zero-order chi connectivity index (χ0) is 12.0. The fourth-order valence-electron chi connectivity index (χ4n) is 1.92. The Bertz CT molecular complexity index is 256. The first-order valence-electron chi connectivity index (χ1n) is 5.74. The molecule has 1 aliphatic carbocycles. The quantitative estimate of drug-likeness (QED) is 0.636. The Morgan fingerprint density at radius 1 is 1.44 bits per heavy atom. The van der Waals surface area contributed by atoms with Crippen LogP contribution in [-0.4, -0.2) is 31.6 Å². The molecule has 92 valence electrons. The molecular formula is C11H20N2O3. The summed E-state index contributed by atoms with van der Waals surface area (Å²) < 4.78 is 4.71. The van der Waals surface area contributed by atoms with Crippen LogP contribution in [0.3, 0.4) is 0 Å². The summed E-state index contributed by atoms with van der Waals surface area (Å²) in [7, 11) is 0. The van der Waals surface area contributed by atoms with Crippen molar-refractivity contribution in [2.24, 2.45) is 11.1 Å². The van der Waals surface area contributed by atoms with Gasteiger partial charge in [0.15, 0.2) is 0 Å². The molecule has 0 unspecified atom stereocenters. The van der Waals surface area contributed by atoms with Gasteiger partial charge >= 0.3 is 5.97 Å². The van der Waals surface area contributed by atoms with E-state index in [1.54, 1.807) is 6.92 Å². The van der Waals surface area contributed by atoms with E-state index in [0.717, 1.165) is 19.3 Å². The van der Waals surface area contributed by atoms with Crippen LogP contribution in [0.15, 0.2) is 0 Å². The average Bonchev–Trinajstić information content (AvgIpc) is 2.21. The summed E-state index contributed by atoms with van der Waals surface area (Å²) in [5.41, 5.74) is 5.63. The van der Waals surface area contributed by atoms with Gasteiger partial charge in [-0.15, -0.1) is 0 Å². The number of nitrogens with two attached hydrogens (primary N) is 1. The van der Waals surface area contributed by atoms with Crippen LogP contribution >= 0.6 is 0 Å². The molecule has 0 aromatic rings. The second kappa shape index (κ2) is 5.84. The maximum absolute atomic E-state index is 11.5. The highest BCUT2D eigenvalue weighted by molar-refractivity contribution is 5.82. The van der Waals surface area contributed by atoms with Crippen LogP contribution in [0.25, 0.3) is 0 Å². The molecule has 1 fully saturated rings. The fraction of sp³-hybridized carbons (Fsp3) is 0.818. The van der Waals surface area contributed by atoms with E-state index in [2.05, 4.69) is 5.32 Å². The maximum atomic E-state index is 11.5. The van der Waals surface area contributed by atoms with Crippen molar-refractivity contribution in [3.05, 3.63) is 0 Å². The molecular weight excluding hydrogens is 208 g/mol. The van der Waals surface area contributed by atoms with E-state index in [1.165, 1.54) is 0 Å². The van der Waals surface area contributed by atoms with Gasteiger partial charge in [0.25, 0.3) is 0 Å². The smallest absolute Gasteiger partial charge is 0.325 e. The van der Waals surface area contributed by atoms with E-state index >= 15 is 0 Å². The first kappa shape index (κ1) is 13.0. The average molecular weight is 228 g/mol. The minimum absolute atomic E-state index is 0.0151. The first-order chi connectivity index (χ1) is 7.62. The van der Waals surface area contributed by atoms with Gasteiger partial charge < -0.3 is 15.8 Å². The molecule has 0 radical (unpaired) electrons. The maximum Gasteiger partial charge on any atom is 0.325 e. The van der Waals surface area contributed by atoms with Gasteiger partial charge in [-0.3, -0.25) is 9.59 Å². The number of esters is 1. The third-order valence-electron chi connectivity index (χ3n) is 3.12. The van der Waals surface area contributed by atoms with Crippen molar-refractivity contribution < 1.29 is 14.3 Å². The minimum atomic E-state index is -0.397. The Morgan fingerprint density at radius 3 is 2.56 bits per heavy atom. The normalized spacial score (nSPS) is 17.4.